The third-order valence-corrected chi connectivity index (χ3v) is 9.59. The number of thiazole rings is 1. The number of unbranched alkanes of at least 4 members (excludes halogenated alkanes) is 3. The van der Waals surface area contributed by atoms with Gasteiger partial charge in [0.05, 0.1) is 5.41 Å². The smallest absolute Gasteiger partial charge is 0.407 e. The van der Waals surface area contributed by atoms with E-state index in [0.29, 0.717) is 43.8 Å². The molecule has 2 aromatic rings. The fourth-order valence-electron chi connectivity index (χ4n) is 5.72. The average molecular weight is 712 g/mol. The van der Waals surface area contributed by atoms with Crippen LogP contribution in [-0.2, 0) is 20.7 Å². The quantitative estimate of drug-likeness (QED) is 0.0750. The largest absolute Gasteiger partial charge is 0.481 e. The van der Waals surface area contributed by atoms with Gasteiger partial charge in [-0.15, -0.1) is 23.7 Å². The second-order valence-electron chi connectivity index (χ2n) is 13.6. The van der Waals surface area contributed by atoms with Crippen LogP contribution in [-0.4, -0.2) is 71.1 Å². The first kappa shape index (κ1) is 42.1. The molecule has 0 aliphatic carbocycles. The number of nitrogens with one attached hydrogen (secondary N) is 3. The molecule has 1 aromatic heterocycles. The van der Waals surface area contributed by atoms with Gasteiger partial charge in [-0.25, -0.2) is 9.78 Å². The zero-order chi connectivity index (χ0) is 37.3. The van der Waals surface area contributed by atoms with Gasteiger partial charge in [0.15, 0.2) is 6.10 Å². The molecule has 50 heavy (non-hydrogen) atoms. The van der Waals surface area contributed by atoms with E-state index in [9.17, 15) is 24.3 Å². The fourth-order valence-corrected chi connectivity index (χ4v) is 6.56. The molecule has 3 atom stereocenters. The summed E-state index contributed by atoms with van der Waals surface area (Å²) in [5.41, 5.74) is 0.942. The lowest BCUT2D eigenvalue weighted by Crippen LogP contribution is -2.45. The van der Waals surface area contributed by atoms with Crippen LogP contribution in [0.5, 0.6) is 0 Å². The number of carbonyl (C=O) groups excluding carboxylic acids is 3. The van der Waals surface area contributed by atoms with Crippen molar-refractivity contribution in [3.63, 3.8) is 0 Å². The number of benzene rings is 1. The normalized spacial score (nSPS) is 13.1. The Morgan fingerprint density at radius 1 is 1.10 bits per heavy atom. The minimum absolute atomic E-state index is 0.0387. The summed E-state index contributed by atoms with van der Waals surface area (Å²) in [6, 6.07) is 6.99. The number of anilines is 1. The first-order valence-corrected chi connectivity index (χ1v) is 18.6. The van der Waals surface area contributed by atoms with Crippen LogP contribution >= 0.6 is 11.3 Å². The van der Waals surface area contributed by atoms with E-state index in [0.717, 1.165) is 36.9 Å². The number of terminal acetylenes is 1. The number of aliphatic carboxylic acids is 1. The molecule has 12 heteroatoms. The molecule has 3 amide bonds. The molecule has 1 aromatic carbocycles. The average Bonchev–Trinajstić information content (AvgIpc) is 3.57. The van der Waals surface area contributed by atoms with Gasteiger partial charge in [0.25, 0.3) is 5.91 Å². The maximum Gasteiger partial charge on any atom is 0.407 e. The molecule has 0 saturated carbocycles. The fraction of sp³-hybridized carbons (Fsp3) is 0.605. The first-order chi connectivity index (χ1) is 23.8. The Hall–Kier alpha value is -4.11. The van der Waals surface area contributed by atoms with Crippen molar-refractivity contribution in [2.75, 3.05) is 25.5 Å². The first-order valence-electron chi connectivity index (χ1n) is 17.7. The number of ether oxygens (including phenoxy) is 1. The van der Waals surface area contributed by atoms with Gasteiger partial charge < -0.3 is 30.7 Å². The van der Waals surface area contributed by atoms with Crippen molar-refractivity contribution in [1.29, 1.82) is 0 Å². The van der Waals surface area contributed by atoms with Gasteiger partial charge in [0, 0.05) is 62.6 Å². The molecule has 2 rings (SSSR count). The molecule has 0 bridgehead atoms. The van der Waals surface area contributed by atoms with E-state index in [-0.39, 0.29) is 30.0 Å². The van der Waals surface area contributed by atoms with Crippen LogP contribution < -0.4 is 16.0 Å². The lowest BCUT2D eigenvalue weighted by Gasteiger charge is -2.36. The molecule has 3 unspecified atom stereocenters. The van der Waals surface area contributed by atoms with E-state index in [1.165, 1.54) is 11.3 Å². The zero-order valence-electron chi connectivity index (χ0n) is 30.8. The molecule has 1 heterocycles. The van der Waals surface area contributed by atoms with Gasteiger partial charge >= 0.3 is 12.1 Å². The van der Waals surface area contributed by atoms with Gasteiger partial charge in [0.1, 0.15) is 10.7 Å². The lowest BCUT2D eigenvalue weighted by atomic mass is 9.84. The molecule has 0 radical (unpaired) electrons. The monoisotopic (exact) mass is 711 g/mol. The van der Waals surface area contributed by atoms with Crippen molar-refractivity contribution in [1.82, 2.24) is 20.5 Å². The van der Waals surface area contributed by atoms with Gasteiger partial charge in [-0.1, -0.05) is 39.3 Å². The van der Waals surface area contributed by atoms with Crippen molar-refractivity contribution in [2.24, 2.45) is 11.3 Å². The summed E-state index contributed by atoms with van der Waals surface area (Å²) in [5.74, 6) is 1.35. The third kappa shape index (κ3) is 13.7. The predicted octanol–water partition coefficient (Wildman–Crippen LogP) is 7.05. The number of hydrogen-bond acceptors (Lipinski definition) is 8. The Kier molecular flexibility index (Phi) is 17.8. The highest BCUT2D eigenvalue weighted by atomic mass is 32.1. The van der Waals surface area contributed by atoms with Crippen molar-refractivity contribution in [3.8, 4) is 12.3 Å². The van der Waals surface area contributed by atoms with Crippen molar-refractivity contribution < 1.29 is 29.0 Å². The number of carbonyl (C=O) groups is 4. The maximum absolute atomic E-state index is 13.7. The zero-order valence-corrected chi connectivity index (χ0v) is 31.7. The van der Waals surface area contributed by atoms with Crippen molar-refractivity contribution >= 4 is 40.9 Å². The lowest BCUT2D eigenvalue weighted by molar-refractivity contribution is -0.147. The summed E-state index contributed by atoms with van der Waals surface area (Å²) in [7, 11) is 1.83. The molecule has 0 aliphatic heterocycles. The number of alkyl carbamates (subject to hydrolysis) is 1. The SMILES string of the molecule is C#CCCCCN(C(=O)CCCC)C(CC(OC(=O)NCC)c1nc(C(=O)NC(Cc2ccc(NC)cc2)CC(C)(C)C(=O)O)cs1)C(C)C. The Morgan fingerprint density at radius 3 is 2.38 bits per heavy atom. The molecule has 0 fully saturated rings. The van der Waals surface area contributed by atoms with Crippen molar-refractivity contribution in [2.45, 2.75) is 118 Å². The van der Waals surface area contributed by atoms with E-state index < -0.39 is 35.5 Å². The molecular weight excluding hydrogens is 655 g/mol. The number of aromatic nitrogens is 1. The Balaban J connectivity index is 2.40. The topological polar surface area (TPSA) is 150 Å². The minimum Gasteiger partial charge on any atom is -0.481 e. The molecule has 0 spiro atoms. The van der Waals surface area contributed by atoms with Crippen LogP contribution in [0, 0.1) is 23.7 Å². The van der Waals surface area contributed by atoms with E-state index in [1.807, 2.05) is 57.0 Å². The van der Waals surface area contributed by atoms with E-state index >= 15 is 0 Å². The Labute approximate surface area is 302 Å². The highest BCUT2D eigenvalue weighted by Crippen LogP contribution is 2.32. The summed E-state index contributed by atoms with van der Waals surface area (Å²) in [6.45, 7) is 12.1. The highest BCUT2D eigenvalue weighted by molar-refractivity contribution is 7.09. The van der Waals surface area contributed by atoms with Crippen LogP contribution in [0.15, 0.2) is 29.6 Å². The number of carboxylic acids is 1. The second-order valence-corrected chi connectivity index (χ2v) is 14.5. The minimum atomic E-state index is -1.09. The van der Waals surface area contributed by atoms with Gasteiger partial charge in [-0.3, -0.25) is 14.4 Å². The Morgan fingerprint density at radius 2 is 1.80 bits per heavy atom. The van der Waals surface area contributed by atoms with E-state index in [1.54, 1.807) is 26.2 Å². The summed E-state index contributed by atoms with van der Waals surface area (Å²) in [6.07, 6.45) is 9.25. The molecular formula is C38H57N5O6S. The van der Waals surface area contributed by atoms with Gasteiger partial charge in [-0.05, 0) is 76.5 Å². The second kappa shape index (κ2) is 21.2. The van der Waals surface area contributed by atoms with E-state index in [4.69, 9.17) is 11.2 Å². The molecule has 11 nitrogen and oxygen atoms in total. The number of carboxylic acid groups (broad SMARTS) is 1. The van der Waals surface area contributed by atoms with Crippen LogP contribution in [0.1, 0.15) is 120 Å². The Bertz CT molecular complexity index is 1420. The van der Waals surface area contributed by atoms with Crippen LogP contribution in [0.25, 0.3) is 0 Å². The number of rotatable bonds is 22. The molecule has 276 valence electrons. The third-order valence-electron chi connectivity index (χ3n) is 8.66. The number of nitrogens with zero attached hydrogens (tertiary/aromatic N) is 2. The van der Waals surface area contributed by atoms with E-state index in [2.05, 4.69) is 26.9 Å². The van der Waals surface area contributed by atoms with Gasteiger partial charge in [0.2, 0.25) is 5.91 Å². The number of hydrogen-bond donors (Lipinski definition) is 4. The highest BCUT2D eigenvalue weighted by Gasteiger charge is 2.34. The summed E-state index contributed by atoms with van der Waals surface area (Å²) < 4.78 is 5.91. The molecule has 4 N–H and O–H groups in total. The summed E-state index contributed by atoms with van der Waals surface area (Å²) >= 11 is 1.21. The van der Waals surface area contributed by atoms with Crippen LogP contribution in [0.4, 0.5) is 10.5 Å². The van der Waals surface area contributed by atoms with Crippen molar-refractivity contribution in [3.05, 3.63) is 45.9 Å². The maximum atomic E-state index is 13.7. The standard InChI is InChI=1S/C38H57N5O6S/c1-9-12-14-15-21-43(33(44)16-13-10-2)31(26(4)5)23-32(49-37(48)40-11-3)35-42-30(25-50-35)34(45)41-29(24-38(6,7)36(46)47)22-27-17-19-28(39-8)20-18-27/h1,17-20,25-26,29,31-32,39H,10-16,21-24H2,2-8H3,(H,40,48)(H,41,45)(H,46,47). The predicted molar refractivity (Wildman–Crippen MR) is 199 cm³/mol. The van der Waals surface area contributed by atoms with Crippen LogP contribution in [0.3, 0.4) is 0 Å². The number of amides is 3. The summed E-state index contributed by atoms with van der Waals surface area (Å²) in [5, 5.41) is 20.7. The molecule has 0 aliphatic rings. The summed E-state index contributed by atoms with van der Waals surface area (Å²) in [4.78, 5) is 58.5. The van der Waals surface area contributed by atoms with Gasteiger partial charge in [-0.2, -0.15) is 0 Å². The molecule has 0 saturated heterocycles. The van der Waals surface area contributed by atoms with Crippen LogP contribution in [0.2, 0.25) is 0 Å².